The van der Waals surface area contributed by atoms with Gasteiger partial charge in [0.25, 0.3) is 5.91 Å². The van der Waals surface area contributed by atoms with Crippen LogP contribution in [0.25, 0.3) is 0 Å². The third kappa shape index (κ3) is 4.82. The predicted molar refractivity (Wildman–Crippen MR) is 122 cm³/mol. The highest BCUT2D eigenvalue weighted by Gasteiger charge is 2.35. The molecule has 1 saturated carbocycles. The second-order valence-electron chi connectivity index (χ2n) is 8.11. The van der Waals surface area contributed by atoms with Gasteiger partial charge in [-0.15, -0.1) is 5.10 Å². The molecule has 6 nitrogen and oxygen atoms in total. The minimum atomic E-state index is -0.809. The first-order chi connectivity index (χ1) is 15.0. The predicted octanol–water partition coefficient (Wildman–Crippen LogP) is 4.60. The summed E-state index contributed by atoms with van der Waals surface area (Å²) in [6.45, 7) is 3.95. The SMILES string of the molecule is Cc1cccc([C@H](C(=O)NC2CCCC2)N(C(=O)c2csnn2)c2cccc(C)c2)c1. The van der Waals surface area contributed by atoms with Crippen molar-refractivity contribution in [2.75, 3.05) is 4.90 Å². The van der Waals surface area contributed by atoms with E-state index in [1.165, 1.54) is 0 Å². The lowest BCUT2D eigenvalue weighted by atomic mass is 10.00. The summed E-state index contributed by atoms with van der Waals surface area (Å²) in [5.41, 5.74) is 3.70. The number of carbonyl (C=O) groups excluding carboxylic acids is 2. The number of amides is 2. The Morgan fingerprint density at radius 2 is 1.77 bits per heavy atom. The standard InChI is InChI=1S/C24H26N4O2S/c1-16-7-5-9-18(13-16)22(23(29)25-19-10-3-4-11-19)28(20-12-6-8-17(2)14-20)24(30)21-15-31-27-26-21/h5-9,12-15,19,22H,3-4,10-11H2,1-2H3,(H,25,29)/t22-/m1/s1. The van der Waals surface area contributed by atoms with Gasteiger partial charge in [-0.2, -0.15) is 0 Å². The number of aromatic nitrogens is 2. The van der Waals surface area contributed by atoms with E-state index in [0.717, 1.165) is 53.9 Å². The van der Waals surface area contributed by atoms with Crippen LogP contribution in [0.3, 0.4) is 0 Å². The highest BCUT2D eigenvalue weighted by atomic mass is 32.1. The van der Waals surface area contributed by atoms with Crippen LogP contribution in [-0.4, -0.2) is 27.4 Å². The van der Waals surface area contributed by atoms with Crippen molar-refractivity contribution >= 4 is 29.0 Å². The molecule has 1 aliphatic rings. The maximum atomic E-state index is 13.6. The summed E-state index contributed by atoms with van der Waals surface area (Å²) < 4.78 is 3.85. The van der Waals surface area contributed by atoms with Crippen molar-refractivity contribution in [2.45, 2.75) is 51.6 Å². The minimum absolute atomic E-state index is 0.148. The fraction of sp³-hybridized carbons (Fsp3) is 0.333. The zero-order valence-electron chi connectivity index (χ0n) is 17.7. The lowest BCUT2D eigenvalue weighted by Crippen LogP contribution is -2.46. The lowest BCUT2D eigenvalue weighted by Gasteiger charge is -2.32. The smallest absolute Gasteiger partial charge is 0.280 e. The summed E-state index contributed by atoms with van der Waals surface area (Å²) in [7, 11) is 0. The molecule has 1 fully saturated rings. The molecule has 160 valence electrons. The molecular weight excluding hydrogens is 408 g/mol. The Morgan fingerprint density at radius 1 is 1.06 bits per heavy atom. The van der Waals surface area contributed by atoms with Crippen molar-refractivity contribution in [3.05, 3.63) is 76.3 Å². The number of rotatable bonds is 6. The fourth-order valence-electron chi connectivity index (χ4n) is 4.15. The van der Waals surface area contributed by atoms with Gasteiger partial charge in [-0.25, -0.2) is 0 Å². The van der Waals surface area contributed by atoms with Crippen LogP contribution < -0.4 is 10.2 Å². The van der Waals surface area contributed by atoms with Crippen LogP contribution in [0.2, 0.25) is 0 Å². The highest BCUT2D eigenvalue weighted by molar-refractivity contribution is 7.03. The molecule has 1 N–H and O–H groups in total. The Hall–Kier alpha value is -3.06. The van der Waals surface area contributed by atoms with Crippen molar-refractivity contribution < 1.29 is 9.59 Å². The zero-order valence-corrected chi connectivity index (χ0v) is 18.6. The molecular formula is C24H26N4O2S. The van der Waals surface area contributed by atoms with E-state index in [0.29, 0.717) is 5.69 Å². The molecule has 1 aliphatic carbocycles. The fourth-order valence-corrected chi connectivity index (χ4v) is 4.58. The second kappa shape index (κ2) is 9.39. The number of benzene rings is 2. The van der Waals surface area contributed by atoms with Crippen molar-refractivity contribution in [2.24, 2.45) is 0 Å². The Kier molecular flexibility index (Phi) is 6.42. The van der Waals surface area contributed by atoms with Crippen molar-refractivity contribution in [1.82, 2.24) is 14.9 Å². The first kappa shape index (κ1) is 21.2. The van der Waals surface area contributed by atoms with E-state index < -0.39 is 6.04 Å². The van der Waals surface area contributed by atoms with Gasteiger partial charge in [0.15, 0.2) is 5.69 Å². The number of hydrogen-bond acceptors (Lipinski definition) is 5. The third-order valence-electron chi connectivity index (χ3n) is 5.64. The first-order valence-electron chi connectivity index (χ1n) is 10.6. The topological polar surface area (TPSA) is 75.2 Å². The van der Waals surface area contributed by atoms with Crippen LogP contribution in [0.4, 0.5) is 5.69 Å². The molecule has 3 aromatic rings. The Bertz CT molecular complexity index is 1060. The summed E-state index contributed by atoms with van der Waals surface area (Å²) in [5, 5.41) is 8.80. The largest absolute Gasteiger partial charge is 0.351 e. The third-order valence-corrected chi connectivity index (χ3v) is 6.15. The molecule has 4 rings (SSSR count). The van der Waals surface area contributed by atoms with Gasteiger partial charge in [-0.1, -0.05) is 59.3 Å². The molecule has 0 unspecified atom stereocenters. The summed E-state index contributed by atoms with van der Waals surface area (Å²) >= 11 is 1.12. The average molecular weight is 435 g/mol. The van der Waals surface area contributed by atoms with E-state index in [1.807, 2.05) is 62.4 Å². The number of nitrogens with zero attached hydrogens (tertiary/aromatic N) is 3. The van der Waals surface area contributed by atoms with Crippen LogP contribution in [-0.2, 0) is 4.79 Å². The molecule has 1 aromatic heterocycles. The number of aryl methyl sites for hydroxylation is 2. The lowest BCUT2D eigenvalue weighted by molar-refractivity contribution is -0.123. The Morgan fingerprint density at radius 3 is 2.42 bits per heavy atom. The van der Waals surface area contributed by atoms with E-state index in [1.54, 1.807) is 10.3 Å². The summed E-state index contributed by atoms with van der Waals surface area (Å²) in [6.07, 6.45) is 4.18. The number of carbonyl (C=O) groups is 2. The maximum Gasteiger partial charge on any atom is 0.280 e. The van der Waals surface area contributed by atoms with Crippen LogP contribution in [0.1, 0.15) is 58.9 Å². The molecule has 0 radical (unpaired) electrons. The Labute approximate surface area is 186 Å². The highest BCUT2D eigenvalue weighted by Crippen LogP contribution is 2.31. The molecule has 2 aromatic carbocycles. The maximum absolute atomic E-state index is 13.6. The van der Waals surface area contributed by atoms with Crippen LogP contribution >= 0.6 is 11.5 Å². The van der Waals surface area contributed by atoms with Gasteiger partial charge in [0.1, 0.15) is 6.04 Å². The van der Waals surface area contributed by atoms with Gasteiger partial charge in [-0.05, 0) is 61.5 Å². The number of hydrogen-bond donors (Lipinski definition) is 1. The minimum Gasteiger partial charge on any atom is -0.351 e. The van der Waals surface area contributed by atoms with Gasteiger partial charge < -0.3 is 5.32 Å². The molecule has 31 heavy (non-hydrogen) atoms. The number of anilines is 1. The van der Waals surface area contributed by atoms with Crippen molar-refractivity contribution in [3.63, 3.8) is 0 Å². The van der Waals surface area contributed by atoms with E-state index in [9.17, 15) is 9.59 Å². The Balaban J connectivity index is 1.82. The first-order valence-corrected chi connectivity index (χ1v) is 11.4. The molecule has 7 heteroatoms. The average Bonchev–Trinajstić information content (AvgIpc) is 3.45. The molecule has 1 atom stereocenters. The summed E-state index contributed by atoms with van der Waals surface area (Å²) in [4.78, 5) is 28.8. The molecule has 0 spiro atoms. The van der Waals surface area contributed by atoms with Gasteiger partial charge >= 0.3 is 0 Å². The molecule has 1 heterocycles. The monoisotopic (exact) mass is 434 g/mol. The quantitative estimate of drug-likeness (QED) is 0.615. The van der Waals surface area contributed by atoms with E-state index in [4.69, 9.17) is 0 Å². The van der Waals surface area contributed by atoms with Crippen molar-refractivity contribution in [1.29, 1.82) is 0 Å². The van der Waals surface area contributed by atoms with Crippen LogP contribution in [0.15, 0.2) is 53.9 Å². The zero-order chi connectivity index (χ0) is 21.8. The van der Waals surface area contributed by atoms with Gasteiger partial charge in [-0.3, -0.25) is 14.5 Å². The van der Waals surface area contributed by atoms with Crippen LogP contribution in [0, 0.1) is 13.8 Å². The molecule has 0 bridgehead atoms. The van der Waals surface area contributed by atoms with Gasteiger partial charge in [0.05, 0.1) is 0 Å². The van der Waals surface area contributed by atoms with Crippen molar-refractivity contribution in [3.8, 4) is 0 Å². The summed E-state index contributed by atoms with van der Waals surface area (Å²) in [6, 6.07) is 14.8. The normalized spacial score (nSPS) is 14.9. The summed E-state index contributed by atoms with van der Waals surface area (Å²) in [5.74, 6) is -0.511. The van der Waals surface area contributed by atoms with E-state index in [2.05, 4.69) is 14.9 Å². The second-order valence-corrected chi connectivity index (χ2v) is 8.72. The number of nitrogens with one attached hydrogen (secondary N) is 1. The molecule has 0 saturated heterocycles. The van der Waals surface area contributed by atoms with Gasteiger partial charge in [0, 0.05) is 17.1 Å². The van der Waals surface area contributed by atoms with Gasteiger partial charge in [0.2, 0.25) is 5.91 Å². The van der Waals surface area contributed by atoms with E-state index in [-0.39, 0.29) is 23.6 Å². The molecule has 2 amide bonds. The molecule has 0 aliphatic heterocycles. The van der Waals surface area contributed by atoms with E-state index >= 15 is 0 Å². The van der Waals surface area contributed by atoms with Crippen LogP contribution in [0.5, 0.6) is 0 Å².